The number of urea groups is 2. The lowest BCUT2D eigenvalue weighted by Gasteiger charge is -2.23. The number of halogens is 5. The molecule has 8 N–H and O–H groups in total. The van der Waals surface area contributed by atoms with Crippen LogP contribution in [0.25, 0.3) is 0 Å². The molecule has 2 atom stereocenters. The number of carbonyl (C=O) groups is 2. The Bertz CT molecular complexity index is 1530. The number of nitrogens with one attached hydrogen (secondary N) is 4. The molecule has 3 aromatic rings. The van der Waals surface area contributed by atoms with Crippen molar-refractivity contribution < 1.29 is 47.9 Å². The molecule has 0 spiro atoms. The molecular weight excluding hydrogens is 668 g/mol. The number of aliphatic hydroxyl groups is 2. The zero-order chi connectivity index (χ0) is 34.9. The van der Waals surface area contributed by atoms with E-state index in [4.69, 9.17) is 23.2 Å². The van der Waals surface area contributed by atoms with Crippen LogP contribution in [0, 0.1) is 0 Å². The number of aromatic hydroxyl groups is 2. The summed E-state index contributed by atoms with van der Waals surface area (Å²) in [6.45, 7) is 2.94. The Morgan fingerprint density at radius 1 is 0.766 bits per heavy atom. The van der Waals surface area contributed by atoms with E-state index in [2.05, 4.69) is 26.0 Å². The van der Waals surface area contributed by atoms with E-state index in [-0.39, 0.29) is 56.1 Å². The first-order valence-corrected chi connectivity index (χ1v) is 15.2. The van der Waals surface area contributed by atoms with E-state index >= 15 is 0 Å². The van der Waals surface area contributed by atoms with Crippen molar-refractivity contribution in [3.8, 4) is 17.2 Å². The van der Waals surface area contributed by atoms with Crippen LogP contribution in [-0.4, -0.2) is 44.9 Å². The van der Waals surface area contributed by atoms with E-state index in [9.17, 15) is 43.2 Å². The first-order valence-electron chi connectivity index (χ1n) is 14.4. The van der Waals surface area contributed by atoms with Crippen molar-refractivity contribution in [2.75, 3.05) is 16.0 Å². The van der Waals surface area contributed by atoms with Crippen molar-refractivity contribution in [3.63, 3.8) is 0 Å². The largest absolute Gasteiger partial charge is 0.573 e. The summed E-state index contributed by atoms with van der Waals surface area (Å²) in [7, 11) is 0. The number of anilines is 3. The SMILES string of the molecule is CC(O)c1cc(NC(=O)NC2CCCCC2)cc(Cl)c1O.CC(O)c1cc(NC(=O)Nc2ccc(OC(F)(F)F)cc2)cc(Cl)c1O. The molecule has 0 aliphatic heterocycles. The third-order valence-electron chi connectivity index (χ3n) is 6.89. The average molecular weight is 704 g/mol. The third kappa shape index (κ3) is 11.9. The lowest BCUT2D eigenvalue weighted by molar-refractivity contribution is -0.274. The van der Waals surface area contributed by atoms with Gasteiger partial charge in [0.15, 0.2) is 0 Å². The van der Waals surface area contributed by atoms with Crippen molar-refractivity contribution in [1.29, 1.82) is 0 Å². The predicted molar refractivity (Wildman–Crippen MR) is 172 cm³/mol. The van der Waals surface area contributed by atoms with Gasteiger partial charge < -0.3 is 46.4 Å². The van der Waals surface area contributed by atoms with Gasteiger partial charge in [0.05, 0.1) is 22.3 Å². The van der Waals surface area contributed by atoms with E-state index in [1.54, 1.807) is 0 Å². The second-order valence-corrected chi connectivity index (χ2v) is 11.5. The number of ether oxygens (including phenoxy) is 1. The van der Waals surface area contributed by atoms with Gasteiger partial charge in [-0.1, -0.05) is 42.5 Å². The molecule has 1 aliphatic carbocycles. The minimum atomic E-state index is -4.80. The fraction of sp³-hybridized carbons (Fsp3) is 0.355. The summed E-state index contributed by atoms with van der Waals surface area (Å²) in [5, 5.41) is 49.2. The number of carbonyl (C=O) groups excluding carboxylic acids is 2. The Morgan fingerprint density at radius 3 is 1.66 bits per heavy atom. The van der Waals surface area contributed by atoms with Crippen LogP contribution >= 0.6 is 23.2 Å². The maximum Gasteiger partial charge on any atom is 0.573 e. The second-order valence-electron chi connectivity index (χ2n) is 10.7. The highest BCUT2D eigenvalue weighted by Crippen LogP contribution is 2.36. The van der Waals surface area contributed by atoms with Crippen LogP contribution in [0.3, 0.4) is 0 Å². The maximum atomic E-state index is 12.1. The van der Waals surface area contributed by atoms with Crippen LogP contribution in [0.4, 0.5) is 39.8 Å². The maximum absolute atomic E-state index is 12.1. The molecule has 16 heteroatoms. The summed E-state index contributed by atoms with van der Waals surface area (Å²) in [4.78, 5) is 23.9. The van der Waals surface area contributed by atoms with Crippen molar-refractivity contribution in [2.45, 2.75) is 70.6 Å². The minimum absolute atomic E-state index is 0.0626. The Balaban J connectivity index is 0.000000261. The van der Waals surface area contributed by atoms with E-state index in [1.807, 2.05) is 0 Å². The molecule has 1 aliphatic rings. The highest BCUT2D eigenvalue weighted by atomic mass is 35.5. The zero-order valence-electron chi connectivity index (χ0n) is 25.3. The highest BCUT2D eigenvalue weighted by Gasteiger charge is 2.31. The topological polar surface area (TPSA) is 172 Å². The van der Waals surface area contributed by atoms with Gasteiger partial charge in [0, 0.05) is 34.2 Å². The summed E-state index contributed by atoms with van der Waals surface area (Å²) in [5.41, 5.74) is 1.29. The zero-order valence-corrected chi connectivity index (χ0v) is 26.8. The van der Waals surface area contributed by atoms with E-state index in [1.165, 1.54) is 56.7 Å². The molecule has 11 nitrogen and oxygen atoms in total. The Hall–Kier alpha value is -4.11. The Morgan fingerprint density at radius 2 is 1.21 bits per heavy atom. The number of phenolic OH excluding ortho intramolecular Hbond substituents is 2. The number of hydrogen-bond donors (Lipinski definition) is 8. The van der Waals surface area contributed by atoms with Crippen molar-refractivity contribution in [2.24, 2.45) is 0 Å². The Kier molecular flexibility index (Phi) is 13.2. The van der Waals surface area contributed by atoms with E-state index in [0.717, 1.165) is 37.8 Å². The van der Waals surface area contributed by atoms with Gasteiger partial charge in [-0.05, 0) is 75.2 Å². The van der Waals surface area contributed by atoms with Gasteiger partial charge in [0.1, 0.15) is 17.2 Å². The Labute approximate surface area is 278 Å². The van der Waals surface area contributed by atoms with Gasteiger partial charge >= 0.3 is 18.4 Å². The van der Waals surface area contributed by atoms with Crippen LogP contribution in [0.1, 0.15) is 69.3 Å². The molecule has 2 unspecified atom stereocenters. The monoisotopic (exact) mass is 702 g/mol. The standard InChI is InChI=1S/C16H14ClF3N2O4.C15H21ClN2O3/c1-8(23)12-6-10(7-13(17)14(12)24)22-15(25)21-9-2-4-11(5-3-9)26-16(18,19)20;1-9(19)12-7-11(8-13(16)14(12)20)18-15(21)17-10-5-3-2-4-6-10/h2-8,23-24H,1H3,(H2,21,22,25);7-10,19-20H,2-6H2,1H3,(H2,17,18,21). The van der Waals surface area contributed by atoms with Crippen LogP contribution in [0.5, 0.6) is 17.2 Å². The van der Waals surface area contributed by atoms with Crippen molar-refractivity contribution in [3.05, 3.63) is 69.7 Å². The molecule has 4 rings (SSSR count). The van der Waals surface area contributed by atoms with E-state index in [0.29, 0.717) is 5.69 Å². The first kappa shape index (κ1) is 37.3. The quantitative estimate of drug-likeness (QED) is 0.115. The fourth-order valence-electron chi connectivity index (χ4n) is 4.65. The molecule has 0 bridgehead atoms. The van der Waals surface area contributed by atoms with Gasteiger partial charge in [-0.15, -0.1) is 13.2 Å². The highest BCUT2D eigenvalue weighted by molar-refractivity contribution is 6.32. The molecule has 0 radical (unpaired) electrons. The minimum Gasteiger partial charge on any atom is -0.506 e. The molecular formula is C31H35Cl2F3N4O7. The third-order valence-corrected chi connectivity index (χ3v) is 7.46. The smallest absolute Gasteiger partial charge is 0.506 e. The van der Waals surface area contributed by atoms with Crippen LogP contribution in [0.2, 0.25) is 10.0 Å². The number of hydrogen-bond acceptors (Lipinski definition) is 7. The summed E-state index contributed by atoms with van der Waals surface area (Å²) < 4.78 is 40.0. The summed E-state index contributed by atoms with van der Waals surface area (Å²) in [5.74, 6) is -0.881. The van der Waals surface area contributed by atoms with Gasteiger partial charge in [-0.2, -0.15) is 0 Å². The second kappa shape index (κ2) is 16.6. The average Bonchev–Trinajstić information content (AvgIpc) is 2.97. The summed E-state index contributed by atoms with van der Waals surface area (Å²) in [6.07, 6.45) is -1.17. The number of phenols is 2. The molecule has 4 amide bonds. The number of amides is 4. The lowest BCUT2D eigenvalue weighted by atomic mass is 9.96. The van der Waals surface area contributed by atoms with Gasteiger partial charge in [-0.25, -0.2) is 9.59 Å². The van der Waals surface area contributed by atoms with Gasteiger partial charge in [0.25, 0.3) is 0 Å². The van der Waals surface area contributed by atoms with Gasteiger partial charge in [0.2, 0.25) is 0 Å². The number of aliphatic hydroxyl groups excluding tert-OH is 2. The lowest BCUT2D eigenvalue weighted by Crippen LogP contribution is -2.39. The summed E-state index contributed by atoms with van der Waals surface area (Å²) in [6, 6.07) is 9.37. The van der Waals surface area contributed by atoms with Crippen LogP contribution < -0.4 is 26.0 Å². The van der Waals surface area contributed by atoms with Crippen LogP contribution in [-0.2, 0) is 0 Å². The first-order chi connectivity index (χ1) is 22.0. The molecule has 0 heterocycles. The number of benzene rings is 3. The molecule has 1 saturated carbocycles. The number of alkyl halides is 3. The van der Waals surface area contributed by atoms with Crippen LogP contribution in [0.15, 0.2) is 48.5 Å². The summed E-state index contributed by atoms with van der Waals surface area (Å²) >= 11 is 11.7. The van der Waals surface area contributed by atoms with Crippen molar-refractivity contribution >= 4 is 52.3 Å². The molecule has 47 heavy (non-hydrogen) atoms. The number of rotatable bonds is 7. The van der Waals surface area contributed by atoms with Crippen molar-refractivity contribution in [1.82, 2.24) is 5.32 Å². The molecule has 1 fully saturated rings. The normalized spacial score (nSPS) is 14.6. The van der Waals surface area contributed by atoms with Gasteiger partial charge in [-0.3, -0.25) is 0 Å². The molecule has 256 valence electrons. The molecule has 0 aromatic heterocycles. The molecule has 0 saturated heterocycles. The molecule has 3 aromatic carbocycles. The van der Waals surface area contributed by atoms with E-state index < -0.39 is 30.4 Å². The fourth-order valence-corrected chi connectivity index (χ4v) is 5.11. The predicted octanol–water partition coefficient (Wildman–Crippen LogP) is 8.19.